The maximum Gasteiger partial charge on any atom is 0.264 e. The van der Waals surface area contributed by atoms with Crippen LogP contribution < -0.4 is 9.47 Å². The summed E-state index contributed by atoms with van der Waals surface area (Å²) in [6.07, 6.45) is 0.302. The van der Waals surface area contributed by atoms with Gasteiger partial charge in [0.1, 0.15) is 11.5 Å². The molecule has 0 aliphatic carbocycles. The second-order valence-corrected chi connectivity index (χ2v) is 7.60. The first kappa shape index (κ1) is 18.7. The van der Waals surface area contributed by atoms with Crippen molar-refractivity contribution in [2.24, 2.45) is 0 Å². The largest absolute Gasteiger partial charge is 0.493 e. The molecule has 0 unspecified atom stereocenters. The van der Waals surface area contributed by atoms with Gasteiger partial charge in [0.25, 0.3) is 20.2 Å². The Morgan fingerprint density at radius 3 is 1.59 bits per heavy atom. The predicted octanol–water partition coefficient (Wildman–Crippen LogP) is 1.00. The van der Waals surface area contributed by atoms with Gasteiger partial charge in [-0.3, -0.25) is 9.11 Å². The first-order chi connectivity index (χ1) is 10.2. The van der Waals surface area contributed by atoms with E-state index in [1.807, 2.05) is 0 Å². The van der Waals surface area contributed by atoms with Gasteiger partial charge in [0.15, 0.2) is 0 Å². The van der Waals surface area contributed by atoms with Gasteiger partial charge in [-0.05, 0) is 25.0 Å². The molecule has 0 aliphatic heterocycles. The van der Waals surface area contributed by atoms with Crippen molar-refractivity contribution in [2.45, 2.75) is 12.8 Å². The molecule has 0 spiro atoms. The van der Waals surface area contributed by atoms with Gasteiger partial charge in [-0.25, -0.2) is 0 Å². The molecule has 22 heavy (non-hydrogen) atoms. The average molecular weight is 354 g/mol. The molecule has 1 aromatic rings. The van der Waals surface area contributed by atoms with Crippen LogP contribution in [0.15, 0.2) is 24.3 Å². The SMILES string of the molecule is O=S(=O)(O)CCCOc1cccc(OCCCS(=O)(=O)O)c1. The molecule has 0 saturated carbocycles. The summed E-state index contributed by atoms with van der Waals surface area (Å²) in [7, 11) is -7.98. The molecule has 2 N–H and O–H groups in total. The second-order valence-electron chi connectivity index (χ2n) is 4.45. The van der Waals surface area contributed by atoms with Gasteiger partial charge >= 0.3 is 0 Å². The van der Waals surface area contributed by atoms with Gasteiger partial charge in [-0.15, -0.1) is 0 Å². The summed E-state index contributed by atoms with van der Waals surface area (Å²) in [5.41, 5.74) is 0. The minimum absolute atomic E-state index is 0.117. The van der Waals surface area contributed by atoms with E-state index in [-0.39, 0.29) is 37.6 Å². The van der Waals surface area contributed by atoms with Gasteiger partial charge < -0.3 is 9.47 Å². The van der Waals surface area contributed by atoms with Crippen LogP contribution in [0.5, 0.6) is 11.5 Å². The summed E-state index contributed by atoms with van der Waals surface area (Å²) in [5.74, 6) is 0.169. The lowest BCUT2D eigenvalue weighted by Gasteiger charge is -2.09. The van der Waals surface area contributed by atoms with Gasteiger partial charge in [-0.1, -0.05) is 6.07 Å². The van der Waals surface area contributed by atoms with Crippen LogP contribution in [0.4, 0.5) is 0 Å². The monoisotopic (exact) mass is 354 g/mol. The van der Waals surface area contributed by atoms with E-state index in [0.29, 0.717) is 11.5 Å². The summed E-state index contributed by atoms with van der Waals surface area (Å²) >= 11 is 0. The van der Waals surface area contributed by atoms with E-state index in [2.05, 4.69) is 0 Å². The minimum Gasteiger partial charge on any atom is -0.493 e. The Morgan fingerprint density at radius 1 is 0.818 bits per heavy atom. The highest BCUT2D eigenvalue weighted by atomic mass is 32.2. The quantitative estimate of drug-likeness (QED) is 0.470. The fourth-order valence-electron chi connectivity index (χ4n) is 1.52. The number of hydrogen-bond donors (Lipinski definition) is 2. The van der Waals surface area contributed by atoms with Crippen LogP contribution in [0, 0.1) is 0 Å². The number of benzene rings is 1. The molecule has 0 aliphatic rings. The number of ether oxygens (including phenoxy) is 2. The van der Waals surface area contributed by atoms with Crippen molar-refractivity contribution in [3.8, 4) is 11.5 Å². The van der Waals surface area contributed by atoms with Crippen LogP contribution in [0.2, 0.25) is 0 Å². The third-order valence-electron chi connectivity index (χ3n) is 2.44. The molecule has 1 aromatic carbocycles. The summed E-state index contributed by atoms with van der Waals surface area (Å²) in [5, 5.41) is 0. The molecule has 0 amide bonds. The van der Waals surface area contributed by atoms with Crippen LogP contribution in [0.25, 0.3) is 0 Å². The Bertz CT molecular complexity index is 611. The smallest absolute Gasteiger partial charge is 0.264 e. The Labute approximate surface area is 129 Å². The second kappa shape index (κ2) is 8.32. The Balaban J connectivity index is 2.36. The third kappa shape index (κ3) is 9.55. The van der Waals surface area contributed by atoms with E-state index in [9.17, 15) is 16.8 Å². The van der Waals surface area contributed by atoms with Crippen LogP contribution in [-0.2, 0) is 20.2 Å². The zero-order valence-corrected chi connectivity index (χ0v) is 13.3. The van der Waals surface area contributed by atoms with E-state index >= 15 is 0 Å². The zero-order valence-electron chi connectivity index (χ0n) is 11.7. The van der Waals surface area contributed by atoms with Crippen molar-refractivity contribution in [3.05, 3.63) is 24.3 Å². The van der Waals surface area contributed by atoms with Crippen LogP contribution in [0.1, 0.15) is 12.8 Å². The molecule has 0 radical (unpaired) electrons. The molecule has 0 saturated heterocycles. The summed E-state index contributed by atoms with van der Waals surface area (Å²) in [6, 6.07) is 6.54. The average Bonchev–Trinajstić information content (AvgIpc) is 2.38. The highest BCUT2D eigenvalue weighted by Crippen LogP contribution is 2.19. The summed E-state index contributed by atoms with van der Waals surface area (Å²) in [4.78, 5) is 0. The zero-order chi connectivity index (χ0) is 16.6. The molecule has 0 heterocycles. The van der Waals surface area contributed by atoms with Crippen LogP contribution >= 0.6 is 0 Å². The van der Waals surface area contributed by atoms with Crippen molar-refractivity contribution in [2.75, 3.05) is 24.7 Å². The number of hydrogen-bond acceptors (Lipinski definition) is 6. The highest BCUT2D eigenvalue weighted by Gasteiger charge is 2.06. The molecule has 0 aromatic heterocycles. The fraction of sp³-hybridized carbons (Fsp3) is 0.500. The fourth-order valence-corrected chi connectivity index (χ4v) is 2.48. The Kier molecular flexibility index (Phi) is 7.07. The topological polar surface area (TPSA) is 127 Å². The van der Waals surface area contributed by atoms with Crippen LogP contribution in [-0.4, -0.2) is 50.7 Å². The standard InChI is InChI=1S/C12H18O8S2/c13-21(14,15)8-2-6-19-11-4-1-5-12(10-11)20-7-3-9-22(16,17)18/h1,4-5,10H,2-3,6-9H2,(H,13,14,15)(H,16,17,18). The van der Waals surface area contributed by atoms with E-state index in [1.165, 1.54) is 0 Å². The maximum absolute atomic E-state index is 10.5. The molecular weight excluding hydrogens is 336 g/mol. The van der Waals surface area contributed by atoms with E-state index < -0.39 is 20.2 Å². The van der Waals surface area contributed by atoms with Crippen molar-refractivity contribution >= 4 is 20.2 Å². The van der Waals surface area contributed by atoms with Gasteiger partial charge in [0.2, 0.25) is 0 Å². The first-order valence-electron chi connectivity index (χ1n) is 6.42. The van der Waals surface area contributed by atoms with Gasteiger partial charge in [-0.2, -0.15) is 16.8 Å². The van der Waals surface area contributed by atoms with Crippen molar-refractivity contribution < 1.29 is 35.4 Å². The van der Waals surface area contributed by atoms with Crippen molar-refractivity contribution in [3.63, 3.8) is 0 Å². The van der Waals surface area contributed by atoms with Crippen LogP contribution in [0.3, 0.4) is 0 Å². The number of rotatable bonds is 10. The third-order valence-corrected chi connectivity index (χ3v) is 4.05. The molecule has 126 valence electrons. The Morgan fingerprint density at radius 2 is 1.23 bits per heavy atom. The molecular formula is C12H18O8S2. The highest BCUT2D eigenvalue weighted by molar-refractivity contribution is 7.86. The minimum atomic E-state index is -3.99. The molecule has 8 nitrogen and oxygen atoms in total. The van der Waals surface area contributed by atoms with E-state index in [0.717, 1.165) is 0 Å². The maximum atomic E-state index is 10.5. The van der Waals surface area contributed by atoms with Gasteiger partial charge in [0, 0.05) is 6.07 Å². The molecule has 10 heteroatoms. The Hall–Kier alpha value is -1.36. The molecule has 0 atom stereocenters. The van der Waals surface area contributed by atoms with E-state index in [4.69, 9.17) is 18.6 Å². The van der Waals surface area contributed by atoms with Crippen molar-refractivity contribution in [1.29, 1.82) is 0 Å². The lowest BCUT2D eigenvalue weighted by atomic mass is 10.3. The van der Waals surface area contributed by atoms with E-state index in [1.54, 1.807) is 24.3 Å². The van der Waals surface area contributed by atoms with Gasteiger partial charge in [0.05, 0.1) is 24.7 Å². The molecule has 1 rings (SSSR count). The lowest BCUT2D eigenvalue weighted by molar-refractivity contribution is 0.300. The lowest BCUT2D eigenvalue weighted by Crippen LogP contribution is -2.09. The normalized spacial score (nSPS) is 12.1. The summed E-state index contributed by atoms with van der Waals surface area (Å²) < 4.78 is 69.9. The molecule has 0 bridgehead atoms. The molecule has 0 fully saturated rings. The summed E-state index contributed by atoms with van der Waals surface area (Å²) in [6.45, 7) is 0.234. The first-order valence-corrected chi connectivity index (χ1v) is 9.63. The van der Waals surface area contributed by atoms with Crippen molar-refractivity contribution in [1.82, 2.24) is 0 Å². The predicted molar refractivity (Wildman–Crippen MR) is 79.5 cm³/mol.